The molecular formula is C50H58Br3FN16O8. The number of aliphatic hydroxyl groups is 4. The van der Waals surface area contributed by atoms with E-state index in [9.17, 15) is 24.8 Å². The van der Waals surface area contributed by atoms with Crippen LogP contribution < -0.4 is 15.5 Å². The summed E-state index contributed by atoms with van der Waals surface area (Å²) in [7, 11) is 0. The molecule has 28 heteroatoms. The molecule has 0 amide bonds. The maximum Gasteiger partial charge on any atom is 0.225 e. The van der Waals surface area contributed by atoms with Gasteiger partial charge in [0.1, 0.15) is 66.2 Å². The molecule has 5 aliphatic rings. The van der Waals surface area contributed by atoms with E-state index in [1.807, 2.05) is 42.4 Å². The molecule has 1 aromatic carbocycles. The topological polar surface area (TPSA) is 278 Å². The highest BCUT2D eigenvalue weighted by molar-refractivity contribution is 9.11. The summed E-state index contributed by atoms with van der Waals surface area (Å²) in [4.78, 5) is 18.2. The van der Waals surface area contributed by atoms with Crippen molar-refractivity contribution in [2.75, 3.05) is 88.8 Å². The van der Waals surface area contributed by atoms with Crippen LogP contribution in [0.25, 0.3) is 16.6 Å². The summed E-state index contributed by atoms with van der Waals surface area (Å²) in [6.07, 6.45) is 19.5. The van der Waals surface area contributed by atoms with Crippen molar-refractivity contribution >= 4 is 65.1 Å². The highest BCUT2D eigenvalue weighted by atomic mass is 79.9. The number of aromatic nitrogens is 13. The van der Waals surface area contributed by atoms with E-state index in [0.29, 0.717) is 58.8 Å². The van der Waals surface area contributed by atoms with Crippen molar-refractivity contribution in [1.29, 1.82) is 0 Å². The Morgan fingerprint density at radius 2 is 0.962 bits per heavy atom. The molecular weight excluding hydrogens is 1210 g/mol. The SMILES string of the molecule is C[C@](N)(c1ccc(F)cc1)c1cnc(N2CCN(c3ncnn4cc(-c5cnn([C@H]6COC[C@@H]6O)c5)cc34)CC2)nc1.O[C@@H]1COC[C@H]1n1cc(Br)cn1.O[C@H]1COC[C@@H]1n1cc(Br)cn1.O[C@H]1COC[C@@H]1n1cc(Br)cn1. The van der Waals surface area contributed by atoms with Crippen molar-refractivity contribution in [1.82, 2.24) is 63.7 Å². The van der Waals surface area contributed by atoms with E-state index in [2.05, 4.69) is 104 Å². The summed E-state index contributed by atoms with van der Waals surface area (Å²) in [6, 6.07) is 7.97. The molecule has 5 fully saturated rings. The summed E-state index contributed by atoms with van der Waals surface area (Å²) in [6.45, 7) is 8.38. The van der Waals surface area contributed by atoms with Gasteiger partial charge in [-0.05, 0) is 78.5 Å². The molecule has 9 atom stereocenters. The Bertz CT molecular complexity index is 3070. The third-order valence-electron chi connectivity index (χ3n) is 14.0. The van der Waals surface area contributed by atoms with E-state index in [0.717, 1.165) is 73.2 Å². The first-order valence-electron chi connectivity index (χ1n) is 25.1. The summed E-state index contributed by atoms with van der Waals surface area (Å²) >= 11 is 9.88. The highest BCUT2D eigenvalue weighted by Gasteiger charge is 2.32. The third-order valence-corrected chi connectivity index (χ3v) is 15.2. The molecule has 0 saturated carbocycles. The fraction of sp³-hybridized carbons (Fsp3) is 0.440. The fourth-order valence-corrected chi connectivity index (χ4v) is 10.4. The molecule has 78 heavy (non-hydrogen) atoms. The number of anilines is 2. The zero-order valence-corrected chi connectivity index (χ0v) is 46.9. The largest absolute Gasteiger partial charge is 0.388 e. The highest BCUT2D eigenvalue weighted by Crippen LogP contribution is 2.31. The van der Waals surface area contributed by atoms with Gasteiger partial charge in [-0.1, -0.05) is 12.1 Å². The molecule has 24 nitrogen and oxygen atoms in total. The average molecular weight is 1270 g/mol. The Hall–Kier alpha value is -5.63. The molecule has 8 aromatic rings. The standard InChI is InChI=1S/C29H31FN10O2.3C7H9BrN2O2/c1-29(31,21-2-4-23(30)5-3-21)22-12-32-28(33-13-22)38-8-6-37(7-9-38)27-24-10-19(14-39(24)36-18-34-27)20-11-35-40(15-20)25-16-42-17-26(25)41;3*8-5-1-9-10(2-5)6-3-12-4-7(6)11/h2-5,10-15,18,25-26,41H,6-9,16-17,31H2,1H3;3*1-2,6-7,11H,3-4H2/t25-,26-,29-;3*6-,7-/m0100/s1. The second-order valence-corrected chi connectivity index (χ2v) is 22.2. The van der Waals surface area contributed by atoms with Crippen LogP contribution >= 0.6 is 47.8 Å². The maximum absolute atomic E-state index is 13.4. The van der Waals surface area contributed by atoms with Crippen LogP contribution in [-0.4, -0.2) is 188 Å². The van der Waals surface area contributed by atoms with Gasteiger partial charge in [0.05, 0.1) is 96.6 Å². The molecule has 6 N–H and O–H groups in total. The smallest absolute Gasteiger partial charge is 0.225 e. The van der Waals surface area contributed by atoms with Gasteiger partial charge in [-0.3, -0.25) is 18.7 Å². The normalized spacial score (nSPS) is 24.8. The van der Waals surface area contributed by atoms with Crippen molar-refractivity contribution < 1.29 is 43.8 Å². The first-order chi connectivity index (χ1) is 37.7. The number of halogens is 4. The van der Waals surface area contributed by atoms with Crippen LogP contribution in [0.1, 0.15) is 42.2 Å². The number of hydrogen-bond acceptors (Lipinski definition) is 19. The van der Waals surface area contributed by atoms with Crippen LogP contribution in [0.2, 0.25) is 0 Å². The van der Waals surface area contributed by atoms with Crippen LogP contribution in [0.3, 0.4) is 0 Å². The number of nitrogens with zero attached hydrogens (tertiary/aromatic N) is 15. The van der Waals surface area contributed by atoms with Gasteiger partial charge in [-0.25, -0.2) is 23.9 Å². The minimum absolute atomic E-state index is 0.0312. The molecule has 0 unspecified atom stereocenters. The predicted molar refractivity (Wildman–Crippen MR) is 291 cm³/mol. The molecule has 12 heterocycles. The molecule has 5 aliphatic heterocycles. The molecule has 5 saturated heterocycles. The Labute approximate surface area is 471 Å². The van der Waals surface area contributed by atoms with Gasteiger partial charge in [-0.15, -0.1) is 0 Å². The Morgan fingerprint density at radius 1 is 0.526 bits per heavy atom. The fourth-order valence-electron chi connectivity index (χ4n) is 9.45. The third kappa shape index (κ3) is 12.8. The summed E-state index contributed by atoms with van der Waals surface area (Å²) in [5.74, 6) is 1.20. The van der Waals surface area contributed by atoms with E-state index in [1.54, 1.807) is 74.4 Å². The lowest BCUT2D eigenvalue weighted by Crippen LogP contribution is -2.47. The van der Waals surface area contributed by atoms with E-state index in [1.165, 1.54) is 12.1 Å². The Morgan fingerprint density at radius 3 is 1.38 bits per heavy atom. The summed E-state index contributed by atoms with van der Waals surface area (Å²) < 4.78 is 45.6. The summed E-state index contributed by atoms with van der Waals surface area (Å²) in [5.41, 5.74) is 10.1. The summed E-state index contributed by atoms with van der Waals surface area (Å²) in [5, 5.41) is 59.6. The zero-order chi connectivity index (χ0) is 54.5. The van der Waals surface area contributed by atoms with Crippen LogP contribution in [0, 0.1) is 5.82 Å². The minimum Gasteiger partial charge on any atom is -0.388 e. The van der Waals surface area contributed by atoms with Gasteiger partial charge in [0.15, 0.2) is 5.82 Å². The van der Waals surface area contributed by atoms with Crippen molar-refractivity contribution in [3.63, 3.8) is 0 Å². The number of fused-ring (bicyclic) bond motifs is 1. The van der Waals surface area contributed by atoms with Crippen molar-refractivity contribution in [3.05, 3.63) is 135 Å². The zero-order valence-electron chi connectivity index (χ0n) is 42.1. The van der Waals surface area contributed by atoms with Crippen molar-refractivity contribution in [2.24, 2.45) is 5.73 Å². The van der Waals surface area contributed by atoms with Crippen LogP contribution in [-0.2, 0) is 24.5 Å². The van der Waals surface area contributed by atoms with Gasteiger partial charge in [-0.2, -0.15) is 25.5 Å². The van der Waals surface area contributed by atoms with E-state index >= 15 is 0 Å². The lowest BCUT2D eigenvalue weighted by Gasteiger charge is -2.35. The second kappa shape index (κ2) is 24.8. The van der Waals surface area contributed by atoms with Crippen LogP contribution in [0.5, 0.6) is 0 Å². The van der Waals surface area contributed by atoms with Gasteiger partial charge in [0, 0.05) is 86.2 Å². The first-order valence-corrected chi connectivity index (χ1v) is 27.4. The minimum atomic E-state index is -0.843. The van der Waals surface area contributed by atoms with E-state index in [4.69, 9.17) is 24.7 Å². The monoisotopic (exact) mass is 1270 g/mol. The number of benzene rings is 1. The first kappa shape index (κ1) is 55.7. The predicted octanol–water partition coefficient (Wildman–Crippen LogP) is 3.74. The average Bonchev–Trinajstić information content (AvgIpc) is 4.30. The number of hydrogen-bond donors (Lipinski definition) is 5. The number of piperazine rings is 1. The van der Waals surface area contributed by atoms with Crippen molar-refractivity contribution in [3.8, 4) is 11.1 Å². The molecule has 414 valence electrons. The molecule has 0 aliphatic carbocycles. The number of ether oxygens (including phenoxy) is 4. The van der Waals surface area contributed by atoms with Gasteiger partial charge in [0.25, 0.3) is 0 Å². The van der Waals surface area contributed by atoms with Gasteiger partial charge >= 0.3 is 0 Å². The number of nitrogens with two attached hydrogens (primary N) is 1. The lowest BCUT2D eigenvalue weighted by molar-refractivity contribution is 0.118. The molecule has 0 bridgehead atoms. The Balaban J connectivity index is 0.000000152. The molecule has 0 radical (unpaired) electrons. The van der Waals surface area contributed by atoms with Crippen LogP contribution in [0.4, 0.5) is 16.2 Å². The Kier molecular flexibility index (Phi) is 17.7. The molecule has 0 spiro atoms. The van der Waals surface area contributed by atoms with E-state index < -0.39 is 30.0 Å². The van der Waals surface area contributed by atoms with Gasteiger partial charge < -0.3 is 54.9 Å². The molecule has 7 aromatic heterocycles. The van der Waals surface area contributed by atoms with Crippen molar-refractivity contribution in [2.45, 2.75) is 61.0 Å². The number of aliphatic hydroxyl groups excluding tert-OH is 4. The lowest BCUT2D eigenvalue weighted by atomic mass is 9.87. The van der Waals surface area contributed by atoms with E-state index in [-0.39, 0.29) is 30.0 Å². The second-order valence-electron chi connectivity index (χ2n) is 19.4. The van der Waals surface area contributed by atoms with Crippen LogP contribution in [0.15, 0.2) is 118 Å². The van der Waals surface area contributed by atoms with Gasteiger partial charge in [0.2, 0.25) is 5.95 Å². The molecule has 13 rings (SSSR count). The quantitative estimate of drug-likeness (QED) is 0.138. The maximum atomic E-state index is 13.4. The number of rotatable bonds is 9.